The maximum absolute atomic E-state index is 5.66. The zero-order valence-corrected chi connectivity index (χ0v) is 7.40. The van der Waals surface area contributed by atoms with E-state index in [1.54, 1.807) is 0 Å². The largest absolute Gasteiger partial charge is 0.299 e. The van der Waals surface area contributed by atoms with Gasteiger partial charge in [0.05, 0.1) is 0 Å². The smallest absolute Gasteiger partial charge is 0.0351 e. The molecule has 1 aliphatic rings. The van der Waals surface area contributed by atoms with Crippen LogP contribution in [0.4, 0.5) is 0 Å². The highest BCUT2D eigenvalue weighted by atomic mass is 35.5. The predicted octanol–water partition coefficient (Wildman–Crippen LogP) is 2.10. The van der Waals surface area contributed by atoms with E-state index in [0.29, 0.717) is 0 Å². The van der Waals surface area contributed by atoms with Crippen molar-refractivity contribution in [3.63, 3.8) is 0 Å². The molecule has 0 amide bonds. The maximum Gasteiger partial charge on any atom is 0.0351 e. The quantitative estimate of drug-likeness (QED) is 0.561. The third kappa shape index (κ3) is 2.14. The fourth-order valence-electron chi connectivity index (χ4n) is 1.60. The molecule has 0 aromatic carbocycles. The number of alkyl halides is 1. The second-order valence-electron chi connectivity index (χ2n) is 3.07. The van der Waals surface area contributed by atoms with Gasteiger partial charge in [-0.2, -0.15) is 0 Å². The van der Waals surface area contributed by atoms with Crippen molar-refractivity contribution in [2.24, 2.45) is 0 Å². The van der Waals surface area contributed by atoms with Gasteiger partial charge in [-0.3, -0.25) is 4.90 Å². The summed E-state index contributed by atoms with van der Waals surface area (Å²) in [6, 6.07) is 0.771. The molecule has 1 fully saturated rings. The summed E-state index contributed by atoms with van der Waals surface area (Å²) in [5.74, 6) is 0.782. The minimum Gasteiger partial charge on any atom is -0.299 e. The molecule has 0 spiro atoms. The molecule has 1 saturated heterocycles. The lowest BCUT2D eigenvalue weighted by Gasteiger charge is -2.32. The van der Waals surface area contributed by atoms with Crippen molar-refractivity contribution in [2.45, 2.75) is 32.2 Å². The molecule has 1 rings (SSSR count). The molecular weight excluding hydrogens is 146 g/mol. The Morgan fingerprint density at radius 1 is 1.50 bits per heavy atom. The van der Waals surface area contributed by atoms with E-state index in [9.17, 15) is 0 Å². The molecule has 0 N–H and O–H groups in total. The van der Waals surface area contributed by atoms with E-state index in [2.05, 4.69) is 11.8 Å². The van der Waals surface area contributed by atoms with E-state index < -0.39 is 0 Å². The van der Waals surface area contributed by atoms with E-state index in [1.807, 2.05) is 0 Å². The summed E-state index contributed by atoms with van der Waals surface area (Å²) >= 11 is 5.66. The molecule has 0 bridgehead atoms. The van der Waals surface area contributed by atoms with Crippen LogP contribution >= 0.6 is 11.6 Å². The molecule has 1 nitrogen and oxygen atoms in total. The van der Waals surface area contributed by atoms with Gasteiger partial charge in [0, 0.05) is 18.5 Å². The number of nitrogens with zero attached hydrogens (tertiary/aromatic N) is 1. The van der Waals surface area contributed by atoms with Crippen molar-refractivity contribution >= 4 is 11.6 Å². The number of piperidine rings is 1. The van der Waals surface area contributed by atoms with Crippen LogP contribution in [-0.4, -0.2) is 29.9 Å². The number of rotatable bonds is 2. The predicted molar refractivity (Wildman–Crippen MR) is 45.6 cm³/mol. The molecule has 1 unspecified atom stereocenters. The van der Waals surface area contributed by atoms with Gasteiger partial charge in [-0.05, 0) is 26.3 Å². The van der Waals surface area contributed by atoms with Crippen molar-refractivity contribution in [3.05, 3.63) is 0 Å². The first-order valence-corrected chi connectivity index (χ1v) is 4.68. The summed E-state index contributed by atoms with van der Waals surface area (Å²) in [6.45, 7) is 4.63. The number of hydrogen-bond acceptors (Lipinski definition) is 1. The van der Waals surface area contributed by atoms with Gasteiger partial charge in [-0.25, -0.2) is 0 Å². The van der Waals surface area contributed by atoms with Gasteiger partial charge in [0.25, 0.3) is 0 Å². The second kappa shape index (κ2) is 4.20. The molecule has 60 valence electrons. The number of hydrogen-bond donors (Lipinski definition) is 0. The fraction of sp³-hybridized carbons (Fsp3) is 1.00. The van der Waals surface area contributed by atoms with E-state index in [-0.39, 0.29) is 0 Å². The van der Waals surface area contributed by atoms with Crippen LogP contribution in [0.1, 0.15) is 26.2 Å². The molecule has 1 atom stereocenters. The SMILES string of the molecule is CC1CCCCN1CCCl. The average molecular weight is 162 g/mol. The van der Waals surface area contributed by atoms with Crippen LogP contribution in [0, 0.1) is 0 Å². The highest BCUT2D eigenvalue weighted by molar-refractivity contribution is 6.18. The number of halogens is 1. The Morgan fingerprint density at radius 3 is 2.90 bits per heavy atom. The molecule has 0 aliphatic carbocycles. The zero-order chi connectivity index (χ0) is 7.40. The van der Waals surface area contributed by atoms with E-state index in [1.165, 1.54) is 25.8 Å². The first kappa shape index (κ1) is 8.35. The Hall–Kier alpha value is 0.250. The van der Waals surface area contributed by atoms with E-state index in [4.69, 9.17) is 11.6 Å². The van der Waals surface area contributed by atoms with Crippen molar-refractivity contribution in [1.82, 2.24) is 4.90 Å². The molecular formula is C8H16ClN. The van der Waals surface area contributed by atoms with Crippen LogP contribution < -0.4 is 0 Å². The highest BCUT2D eigenvalue weighted by Gasteiger charge is 2.16. The highest BCUT2D eigenvalue weighted by Crippen LogP contribution is 2.15. The Balaban J connectivity index is 2.25. The van der Waals surface area contributed by atoms with Gasteiger partial charge in [-0.1, -0.05) is 6.42 Å². The van der Waals surface area contributed by atoms with Crippen molar-refractivity contribution in [3.8, 4) is 0 Å². The first-order valence-electron chi connectivity index (χ1n) is 4.14. The van der Waals surface area contributed by atoms with E-state index >= 15 is 0 Å². The Labute approximate surface area is 68.4 Å². The van der Waals surface area contributed by atoms with Crippen LogP contribution in [0.5, 0.6) is 0 Å². The Kier molecular flexibility index (Phi) is 3.50. The normalized spacial score (nSPS) is 28.8. The molecule has 0 aromatic rings. The summed E-state index contributed by atoms with van der Waals surface area (Å²) < 4.78 is 0. The lowest BCUT2D eigenvalue weighted by Crippen LogP contribution is -2.38. The van der Waals surface area contributed by atoms with Crippen LogP contribution in [-0.2, 0) is 0 Å². The third-order valence-electron chi connectivity index (χ3n) is 2.31. The summed E-state index contributed by atoms with van der Waals surface area (Å²) in [7, 11) is 0. The van der Waals surface area contributed by atoms with Crippen LogP contribution in [0.3, 0.4) is 0 Å². The van der Waals surface area contributed by atoms with Gasteiger partial charge in [-0.15, -0.1) is 11.6 Å². The standard InChI is InChI=1S/C8H16ClN/c1-8-4-2-3-6-10(8)7-5-9/h8H,2-7H2,1H3. The zero-order valence-electron chi connectivity index (χ0n) is 6.65. The van der Waals surface area contributed by atoms with Crippen LogP contribution in [0.25, 0.3) is 0 Å². The van der Waals surface area contributed by atoms with Gasteiger partial charge in [0.15, 0.2) is 0 Å². The Morgan fingerprint density at radius 2 is 2.30 bits per heavy atom. The number of likely N-dealkylation sites (tertiary alicyclic amines) is 1. The topological polar surface area (TPSA) is 3.24 Å². The summed E-state index contributed by atoms with van der Waals surface area (Å²) in [6.07, 6.45) is 4.12. The molecule has 2 heteroatoms. The van der Waals surface area contributed by atoms with Gasteiger partial charge in [0.1, 0.15) is 0 Å². The molecule has 0 saturated carbocycles. The van der Waals surface area contributed by atoms with Gasteiger partial charge in [0.2, 0.25) is 0 Å². The van der Waals surface area contributed by atoms with Crippen LogP contribution in [0.15, 0.2) is 0 Å². The van der Waals surface area contributed by atoms with Crippen molar-refractivity contribution < 1.29 is 0 Å². The van der Waals surface area contributed by atoms with Gasteiger partial charge >= 0.3 is 0 Å². The summed E-state index contributed by atoms with van der Waals surface area (Å²) in [5.41, 5.74) is 0. The second-order valence-corrected chi connectivity index (χ2v) is 3.45. The summed E-state index contributed by atoms with van der Waals surface area (Å²) in [5, 5.41) is 0. The lowest BCUT2D eigenvalue weighted by atomic mass is 10.0. The van der Waals surface area contributed by atoms with Crippen LogP contribution in [0.2, 0.25) is 0 Å². The third-order valence-corrected chi connectivity index (χ3v) is 2.48. The molecule has 1 heterocycles. The molecule has 10 heavy (non-hydrogen) atoms. The molecule has 1 aliphatic heterocycles. The monoisotopic (exact) mass is 161 g/mol. The van der Waals surface area contributed by atoms with Crippen molar-refractivity contribution in [2.75, 3.05) is 19.0 Å². The molecule has 0 radical (unpaired) electrons. The minimum atomic E-state index is 0.771. The maximum atomic E-state index is 5.66. The Bertz CT molecular complexity index is 93.3. The average Bonchev–Trinajstić information content (AvgIpc) is 1.94. The summed E-state index contributed by atoms with van der Waals surface area (Å²) in [4.78, 5) is 2.48. The minimum absolute atomic E-state index is 0.771. The fourth-order valence-corrected chi connectivity index (χ4v) is 1.82. The van der Waals surface area contributed by atoms with E-state index in [0.717, 1.165) is 18.5 Å². The molecule has 0 aromatic heterocycles. The lowest BCUT2D eigenvalue weighted by molar-refractivity contribution is 0.171. The first-order chi connectivity index (χ1) is 4.84. The van der Waals surface area contributed by atoms with Gasteiger partial charge < -0.3 is 0 Å². The van der Waals surface area contributed by atoms with Crippen molar-refractivity contribution in [1.29, 1.82) is 0 Å².